The summed E-state index contributed by atoms with van der Waals surface area (Å²) >= 11 is 1.64. The molecular formula is C12H23NO4S. The first-order valence-corrected chi connectivity index (χ1v) is 7.31. The van der Waals surface area contributed by atoms with Crippen LogP contribution in [0.2, 0.25) is 0 Å². The monoisotopic (exact) mass is 277 g/mol. The SMILES string of the molecule is CC(C)CCOCCSCCC(NC=O)C(=O)O. The van der Waals surface area contributed by atoms with Crippen LogP contribution in [0.25, 0.3) is 0 Å². The molecule has 0 radical (unpaired) electrons. The van der Waals surface area contributed by atoms with Crippen molar-refractivity contribution in [2.24, 2.45) is 5.92 Å². The molecule has 0 aromatic carbocycles. The largest absolute Gasteiger partial charge is 0.480 e. The van der Waals surface area contributed by atoms with Crippen LogP contribution >= 0.6 is 11.8 Å². The van der Waals surface area contributed by atoms with Crippen LogP contribution < -0.4 is 5.32 Å². The number of aliphatic carboxylic acids is 1. The second-order valence-corrected chi connectivity index (χ2v) is 5.60. The molecule has 106 valence electrons. The van der Waals surface area contributed by atoms with Crippen LogP contribution in [0, 0.1) is 5.92 Å². The number of hydrogen-bond acceptors (Lipinski definition) is 4. The fraction of sp³-hybridized carbons (Fsp3) is 0.833. The van der Waals surface area contributed by atoms with Gasteiger partial charge in [0.25, 0.3) is 0 Å². The zero-order valence-corrected chi connectivity index (χ0v) is 11.9. The molecule has 6 heteroatoms. The lowest BCUT2D eigenvalue weighted by molar-refractivity contribution is -0.140. The molecule has 18 heavy (non-hydrogen) atoms. The third-order valence-corrected chi connectivity index (χ3v) is 3.31. The van der Waals surface area contributed by atoms with Crippen molar-refractivity contribution in [2.45, 2.75) is 32.7 Å². The summed E-state index contributed by atoms with van der Waals surface area (Å²) in [5, 5.41) is 11.1. The normalized spacial score (nSPS) is 12.4. The van der Waals surface area contributed by atoms with E-state index in [1.807, 2.05) is 0 Å². The third kappa shape index (κ3) is 10.4. The van der Waals surface area contributed by atoms with Crippen molar-refractivity contribution >= 4 is 24.1 Å². The van der Waals surface area contributed by atoms with Crippen LogP contribution in [-0.4, -0.2) is 48.2 Å². The summed E-state index contributed by atoms with van der Waals surface area (Å²) in [7, 11) is 0. The highest BCUT2D eigenvalue weighted by atomic mass is 32.2. The van der Waals surface area contributed by atoms with Gasteiger partial charge in [-0.3, -0.25) is 4.79 Å². The Bertz CT molecular complexity index is 236. The molecule has 2 N–H and O–H groups in total. The zero-order valence-electron chi connectivity index (χ0n) is 11.1. The lowest BCUT2D eigenvalue weighted by Gasteiger charge is -2.10. The van der Waals surface area contributed by atoms with Gasteiger partial charge in [-0.1, -0.05) is 13.8 Å². The van der Waals surface area contributed by atoms with Crippen molar-refractivity contribution in [3.8, 4) is 0 Å². The van der Waals surface area contributed by atoms with Gasteiger partial charge in [-0.05, 0) is 24.5 Å². The Morgan fingerprint density at radius 2 is 2.06 bits per heavy atom. The maximum atomic E-state index is 10.7. The average molecular weight is 277 g/mol. The maximum absolute atomic E-state index is 10.7. The Balaban J connectivity index is 3.38. The van der Waals surface area contributed by atoms with E-state index in [4.69, 9.17) is 9.84 Å². The Morgan fingerprint density at radius 1 is 1.33 bits per heavy atom. The zero-order chi connectivity index (χ0) is 13.8. The van der Waals surface area contributed by atoms with Gasteiger partial charge in [0.05, 0.1) is 6.61 Å². The first-order valence-electron chi connectivity index (χ1n) is 6.16. The van der Waals surface area contributed by atoms with E-state index >= 15 is 0 Å². The van der Waals surface area contributed by atoms with Crippen LogP contribution in [0.5, 0.6) is 0 Å². The average Bonchev–Trinajstić information content (AvgIpc) is 2.30. The number of amides is 1. The summed E-state index contributed by atoms with van der Waals surface area (Å²) in [6, 6.07) is -0.781. The summed E-state index contributed by atoms with van der Waals surface area (Å²) in [6.45, 7) is 5.78. The van der Waals surface area contributed by atoms with Crippen molar-refractivity contribution < 1.29 is 19.4 Å². The minimum Gasteiger partial charge on any atom is -0.480 e. The van der Waals surface area contributed by atoms with E-state index in [-0.39, 0.29) is 0 Å². The molecule has 0 aliphatic rings. The molecule has 0 rings (SSSR count). The molecular weight excluding hydrogens is 254 g/mol. The Morgan fingerprint density at radius 3 is 2.61 bits per heavy atom. The lowest BCUT2D eigenvalue weighted by atomic mass is 10.1. The highest BCUT2D eigenvalue weighted by Crippen LogP contribution is 2.06. The summed E-state index contributed by atoms with van der Waals surface area (Å²) in [4.78, 5) is 20.9. The molecule has 1 atom stereocenters. The molecule has 0 aliphatic heterocycles. The van der Waals surface area contributed by atoms with E-state index in [1.165, 1.54) is 0 Å². The maximum Gasteiger partial charge on any atom is 0.326 e. The van der Waals surface area contributed by atoms with Crippen molar-refractivity contribution in [3.63, 3.8) is 0 Å². The number of hydrogen-bond donors (Lipinski definition) is 2. The second kappa shape index (κ2) is 11.3. The number of thioether (sulfide) groups is 1. The Hall–Kier alpha value is -0.750. The number of rotatable bonds is 12. The molecule has 0 saturated carbocycles. The topological polar surface area (TPSA) is 75.6 Å². The van der Waals surface area contributed by atoms with E-state index in [9.17, 15) is 9.59 Å². The van der Waals surface area contributed by atoms with E-state index < -0.39 is 12.0 Å². The van der Waals surface area contributed by atoms with Gasteiger partial charge in [-0.2, -0.15) is 11.8 Å². The van der Waals surface area contributed by atoms with Crippen LogP contribution in [-0.2, 0) is 14.3 Å². The van der Waals surface area contributed by atoms with Crippen molar-refractivity contribution in [2.75, 3.05) is 24.7 Å². The minimum absolute atomic E-state index is 0.429. The number of carboxylic acids is 1. The first-order chi connectivity index (χ1) is 8.57. The molecule has 1 amide bonds. The van der Waals surface area contributed by atoms with Crippen LogP contribution in [0.15, 0.2) is 0 Å². The molecule has 0 bridgehead atoms. The van der Waals surface area contributed by atoms with Gasteiger partial charge in [0, 0.05) is 12.4 Å². The highest BCUT2D eigenvalue weighted by molar-refractivity contribution is 7.99. The van der Waals surface area contributed by atoms with Crippen molar-refractivity contribution in [1.29, 1.82) is 0 Å². The molecule has 0 aromatic heterocycles. The van der Waals surface area contributed by atoms with E-state index in [1.54, 1.807) is 11.8 Å². The fourth-order valence-electron chi connectivity index (χ4n) is 1.20. The van der Waals surface area contributed by atoms with Gasteiger partial charge in [0.2, 0.25) is 6.41 Å². The number of carbonyl (C=O) groups excluding carboxylic acids is 1. The second-order valence-electron chi connectivity index (χ2n) is 4.37. The van der Waals surface area contributed by atoms with Crippen LogP contribution in [0.1, 0.15) is 26.7 Å². The fourth-order valence-corrected chi connectivity index (χ4v) is 2.04. The smallest absolute Gasteiger partial charge is 0.326 e. The molecule has 0 heterocycles. The standard InChI is InChI=1S/C12H23NO4S/c1-10(2)3-5-17-6-8-18-7-4-11(12(15)16)13-9-14/h9-11H,3-8H2,1-2H3,(H,13,14)(H,15,16). The molecule has 0 aliphatic carbocycles. The Labute approximate surface area is 113 Å². The van der Waals surface area contributed by atoms with Gasteiger partial charge in [0.15, 0.2) is 0 Å². The van der Waals surface area contributed by atoms with Gasteiger partial charge in [0.1, 0.15) is 6.04 Å². The molecule has 1 unspecified atom stereocenters. The summed E-state index contributed by atoms with van der Waals surface area (Å²) < 4.78 is 5.44. The predicted molar refractivity (Wildman–Crippen MR) is 72.8 cm³/mol. The van der Waals surface area contributed by atoms with E-state index in [0.717, 1.165) is 18.8 Å². The third-order valence-electron chi connectivity index (χ3n) is 2.33. The van der Waals surface area contributed by atoms with Gasteiger partial charge in [-0.15, -0.1) is 0 Å². The van der Waals surface area contributed by atoms with Gasteiger partial charge < -0.3 is 15.2 Å². The van der Waals surface area contributed by atoms with Gasteiger partial charge >= 0.3 is 5.97 Å². The summed E-state index contributed by atoms with van der Waals surface area (Å²) in [6.07, 6.45) is 1.93. The quantitative estimate of drug-likeness (QED) is 0.416. The van der Waals surface area contributed by atoms with Crippen LogP contribution in [0.4, 0.5) is 0 Å². The van der Waals surface area contributed by atoms with Gasteiger partial charge in [-0.25, -0.2) is 4.79 Å². The summed E-state index contributed by atoms with van der Waals surface area (Å²) in [5.41, 5.74) is 0. The van der Waals surface area contributed by atoms with E-state index in [2.05, 4.69) is 19.2 Å². The molecule has 0 spiro atoms. The number of ether oxygens (including phenoxy) is 1. The van der Waals surface area contributed by atoms with E-state index in [0.29, 0.717) is 31.1 Å². The number of carbonyl (C=O) groups is 2. The molecule has 5 nitrogen and oxygen atoms in total. The van der Waals surface area contributed by atoms with Crippen molar-refractivity contribution in [1.82, 2.24) is 5.32 Å². The number of nitrogens with one attached hydrogen (secondary N) is 1. The predicted octanol–water partition coefficient (Wildman–Crippen LogP) is 1.37. The van der Waals surface area contributed by atoms with Crippen molar-refractivity contribution in [3.05, 3.63) is 0 Å². The van der Waals surface area contributed by atoms with Crippen LogP contribution in [0.3, 0.4) is 0 Å². The number of carboxylic acid groups (broad SMARTS) is 1. The highest BCUT2D eigenvalue weighted by Gasteiger charge is 2.15. The molecule has 0 aromatic rings. The molecule has 0 saturated heterocycles. The minimum atomic E-state index is -0.990. The lowest BCUT2D eigenvalue weighted by Crippen LogP contribution is -2.36. The molecule has 0 fully saturated rings. The first kappa shape index (κ1) is 17.2. The Kier molecular flexibility index (Phi) is 10.9. The summed E-state index contributed by atoms with van der Waals surface area (Å²) in [5.74, 6) is 1.22.